The van der Waals surface area contributed by atoms with Gasteiger partial charge in [-0.15, -0.1) is 0 Å². The monoisotopic (exact) mass is 540 g/mol. The van der Waals surface area contributed by atoms with E-state index in [-0.39, 0.29) is 23.7 Å². The number of allylic oxidation sites excluding steroid dienone is 1. The van der Waals surface area contributed by atoms with E-state index in [9.17, 15) is 4.57 Å². The first-order valence-corrected chi connectivity index (χ1v) is 15.7. The fourth-order valence-corrected chi connectivity index (χ4v) is 8.39. The lowest BCUT2D eigenvalue weighted by molar-refractivity contribution is -0.182. The molecule has 1 spiro atoms. The molecule has 208 valence electrons. The van der Waals surface area contributed by atoms with Gasteiger partial charge in [0.1, 0.15) is 7.14 Å². The summed E-state index contributed by atoms with van der Waals surface area (Å²) in [6, 6.07) is 16.2. The summed E-state index contributed by atoms with van der Waals surface area (Å²) in [4.78, 5) is 0. The van der Waals surface area contributed by atoms with Crippen molar-refractivity contribution in [3.63, 3.8) is 0 Å². The van der Waals surface area contributed by atoms with Crippen LogP contribution < -0.4 is 10.6 Å². The van der Waals surface area contributed by atoms with Gasteiger partial charge in [0.25, 0.3) is 0 Å². The summed E-state index contributed by atoms with van der Waals surface area (Å²) in [7, 11) is -1.11. The summed E-state index contributed by atoms with van der Waals surface area (Å²) in [5.74, 6) is 0.0327. The zero-order valence-electron chi connectivity index (χ0n) is 24.2. The number of epoxide rings is 1. The number of benzene rings is 2. The van der Waals surface area contributed by atoms with Gasteiger partial charge in [-0.25, -0.2) is 0 Å². The molecule has 1 aliphatic carbocycles. The molecule has 1 heterocycles. The molecule has 2 aromatic carbocycles. The van der Waals surface area contributed by atoms with E-state index >= 15 is 0 Å². The summed E-state index contributed by atoms with van der Waals surface area (Å²) < 4.78 is 39.7. The Hall–Kier alpha value is -1.75. The molecule has 1 saturated carbocycles. The lowest BCUT2D eigenvalue weighted by atomic mass is 9.68. The molecule has 0 amide bonds. The molecule has 0 N–H and O–H groups in total. The first kappa shape index (κ1) is 29.2. The summed E-state index contributed by atoms with van der Waals surface area (Å²) >= 11 is 0. The van der Waals surface area contributed by atoms with Crippen molar-refractivity contribution in [2.45, 2.75) is 77.8 Å². The lowest BCUT2D eigenvalue weighted by Crippen LogP contribution is -2.58. The van der Waals surface area contributed by atoms with Crippen LogP contribution in [0.5, 0.6) is 0 Å². The zero-order valence-corrected chi connectivity index (χ0v) is 25.1. The standard InChI is InChI=1S/C32H45O5P/c1-23(2)17-19-36-31(5,6)30-29(34-7)28(16-18-32(30)22-37-32)35-20-21-38(33,26-12-8-24(3)9-13-26)27-14-10-25(4)11-15-27/h8-15,17,28-30H,16,18-22H2,1-7H3/t28-,29-,30-,32+/m1/s1. The van der Waals surface area contributed by atoms with Gasteiger partial charge in [0.05, 0.1) is 43.2 Å². The predicted octanol–water partition coefficient (Wildman–Crippen LogP) is 5.96. The van der Waals surface area contributed by atoms with Crippen molar-refractivity contribution in [1.29, 1.82) is 0 Å². The van der Waals surface area contributed by atoms with Crippen LogP contribution in [-0.2, 0) is 23.5 Å². The molecule has 6 heteroatoms. The van der Waals surface area contributed by atoms with Gasteiger partial charge in [-0.1, -0.05) is 71.3 Å². The summed E-state index contributed by atoms with van der Waals surface area (Å²) in [5.41, 5.74) is 2.88. The van der Waals surface area contributed by atoms with E-state index < -0.39 is 12.7 Å². The third-order valence-electron chi connectivity index (χ3n) is 8.24. The molecule has 4 atom stereocenters. The van der Waals surface area contributed by atoms with E-state index in [4.69, 9.17) is 18.9 Å². The second-order valence-corrected chi connectivity index (χ2v) is 14.8. The number of hydrogen-bond donors (Lipinski definition) is 0. The molecule has 2 aliphatic rings. The van der Waals surface area contributed by atoms with Crippen LogP contribution in [0.3, 0.4) is 0 Å². The number of ether oxygens (including phenoxy) is 4. The SMILES string of the molecule is CO[C@H]1[C@H](C(C)(C)OCC=C(C)C)[C@]2(CC[C@H]1OCCP(=O)(c1ccc(C)cc1)c1ccc(C)cc1)CO2. The molecular weight excluding hydrogens is 495 g/mol. The fraction of sp³-hybridized carbons (Fsp3) is 0.562. The first-order valence-electron chi connectivity index (χ1n) is 13.8. The Morgan fingerprint density at radius 1 is 1.05 bits per heavy atom. The van der Waals surface area contributed by atoms with Crippen LogP contribution in [0.2, 0.25) is 0 Å². The minimum Gasteiger partial charge on any atom is -0.378 e. The maximum atomic E-state index is 14.6. The van der Waals surface area contributed by atoms with Crippen LogP contribution in [0, 0.1) is 19.8 Å². The van der Waals surface area contributed by atoms with E-state index in [1.165, 1.54) is 5.57 Å². The van der Waals surface area contributed by atoms with Gasteiger partial charge in [0, 0.05) is 29.8 Å². The Morgan fingerprint density at radius 2 is 1.61 bits per heavy atom. The van der Waals surface area contributed by atoms with Crippen molar-refractivity contribution in [1.82, 2.24) is 0 Å². The highest BCUT2D eigenvalue weighted by Gasteiger charge is 2.63. The minimum absolute atomic E-state index is 0.0327. The third kappa shape index (κ3) is 6.35. The van der Waals surface area contributed by atoms with Gasteiger partial charge >= 0.3 is 0 Å². The van der Waals surface area contributed by atoms with Crippen molar-refractivity contribution in [2.24, 2.45) is 5.92 Å². The van der Waals surface area contributed by atoms with Crippen LogP contribution in [0.1, 0.15) is 51.7 Å². The van der Waals surface area contributed by atoms with Gasteiger partial charge in [0.2, 0.25) is 0 Å². The largest absolute Gasteiger partial charge is 0.378 e. The quantitative estimate of drug-likeness (QED) is 0.200. The first-order chi connectivity index (χ1) is 18.0. The summed E-state index contributed by atoms with van der Waals surface area (Å²) in [5, 5.41) is 1.75. The normalized spacial score (nSPS) is 25.4. The topological polar surface area (TPSA) is 57.3 Å². The van der Waals surface area contributed by atoms with Gasteiger partial charge in [-0.2, -0.15) is 0 Å². The number of hydrogen-bond acceptors (Lipinski definition) is 5. The Bertz CT molecular complexity index is 1090. The van der Waals surface area contributed by atoms with Crippen molar-refractivity contribution < 1.29 is 23.5 Å². The molecule has 0 radical (unpaired) electrons. The maximum Gasteiger partial charge on any atom is 0.145 e. The van der Waals surface area contributed by atoms with Gasteiger partial charge < -0.3 is 23.5 Å². The number of methoxy groups -OCH3 is 1. The van der Waals surface area contributed by atoms with E-state index in [2.05, 4.69) is 47.6 Å². The van der Waals surface area contributed by atoms with E-state index in [0.717, 1.165) is 41.2 Å². The second-order valence-electron chi connectivity index (χ2n) is 11.8. The molecular formula is C32H45O5P. The molecule has 1 saturated heterocycles. The van der Waals surface area contributed by atoms with Crippen molar-refractivity contribution in [3.8, 4) is 0 Å². The van der Waals surface area contributed by atoms with Crippen molar-refractivity contribution >= 4 is 17.8 Å². The molecule has 38 heavy (non-hydrogen) atoms. The van der Waals surface area contributed by atoms with Crippen molar-refractivity contribution in [2.75, 3.05) is 33.1 Å². The average molecular weight is 541 g/mol. The molecule has 0 bridgehead atoms. The van der Waals surface area contributed by atoms with Crippen LogP contribution in [0.4, 0.5) is 0 Å². The predicted molar refractivity (Wildman–Crippen MR) is 156 cm³/mol. The van der Waals surface area contributed by atoms with E-state index in [1.807, 2.05) is 48.5 Å². The summed E-state index contributed by atoms with van der Waals surface area (Å²) in [6.07, 6.45) is 4.01. The van der Waals surface area contributed by atoms with Gasteiger partial charge in [-0.05, 0) is 54.4 Å². The lowest BCUT2D eigenvalue weighted by Gasteiger charge is -2.48. The molecule has 2 aromatic rings. The molecule has 0 unspecified atom stereocenters. The van der Waals surface area contributed by atoms with Gasteiger partial charge in [0.15, 0.2) is 0 Å². The van der Waals surface area contributed by atoms with Crippen LogP contribution in [0.25, 0.3) is 0 Å². The molecule has 0 aromatic heterocycles. The van der Waals surface area contributed by atoms with Crippen LogP contribution in [0.15, 0.2) is 60.2 Å². The Labute approximate surface area is 229 Å². The zero-order chi connectivity index (χ0) is 27.6. The third-order valence-corrected chi connectivity index (χ3v) is 11.3. The number of aryl methyl sites for hydroxylation is 2. The molecule has 2 fully saturated rings. The second kappa shape index (κ2) is 11.8. The number of rotatable bonds is 11. The molecule has 5 nitrogen and oxygen atoms in total. The van der Waals surface area contributed by atoms with Crippen LogP contribution >= 0.6 is 7.14 Å². The fourth-order valence-electron chi connectivity index (χ4n) is 5.96. The van der Waals surface area contributed by atoms with E-state index in [0.29, 0.717) is 19.4 Å². The summed E-state index contributed by atoms with van der Waals surface area (Å²) in [6.45, 7) is 14.2. The Balaban J connectivity index is 1.51. The Morgan fingerprint density at radius 3 is 2.08 bits per heavy atom. The highest BCUT2D eigenvalue weighted by Crippen LogP contribution is 2.53. The minimum atomic E-state index is -2.87. The average Bonchev–Trinajstić information content (AvgIpc) is 3.64. The Kier molecular flexibility index (Phi) is 9.06. The maximum absolute atomic E-state index is 14.6. The highest BCUT2D eigenvalue weighted by molar-refractivity contribution is 7.78. The smallest absolute Gasteiger partial charge is 0.145 e. The van der Waals surface area contributed by atoms with E-state index in [1.54, 1.807) is 7.11 Å². The van der Waals surface area contributed by atoms with Crippen molar-refractivity contribution in [3.05, 3.63) is 71.3 Å². The van der Waals surface area contributed by atoms with Gasteiger partial charge in [-0.3, -0.25) is 0 Å². The molecule has 1 aliphatic heterocycles. The van der Waals surface area contributed by atoms with Crippen LogP contribution in [-0.4, -0.2) is 56.5 Å². The highest BCUT2D eigenvalue weighted by atomic mass is 31.2. The molecule has 4 rings (SSSR count).